The third-order valence-electron chi connectivity index (χ3n) is 7.75. The van der Waals surface area contributed by atoms with E-state index in [0.717, 1.165) is 55.6 Å². The van der Waals surface area contributed by atoms with E-state index in [1.165, 1.54) is 16.3 Å². The van der Waals surface area contributed by atoms with E-state index in [2.05, 4.69) is 55.8 Å². The number of piperidine rings is 1. The number of aromatic nitrogens is 3. The van der Waals surface area contributed by atoms with Crippen molar-refractivity contribution in [2.24, 2.45) is 5.92 Å². The fourth-order valence-electron chi connectivity index (χ4n) is 6.10. The fourth-order valence-corrected chi connectivity index (χ4v) is 6.10. The third kappa shape index (κ3) is 4.00. The van der Waals surface area contributed by atoms with E-state index in [-0.39, 0.29) is 5.91 Å². The lowest BCUT2D eigenvalue weighted by molar-refractivity contribution is 0.0524. The van der Waals surface area contributed by atoms with Gasteiger partial charge in [0.1, 0.15) is 5.82 Å². The zero-order chi connectivity index (χ0) is 23.1. The summed E-state index contributed by atoms with van der Waals surface area (Å²) in [5.74, 6) is 1.82. The van der Waals surface area contributed by atoms with Crippen LogP contribution in [0.25, 0.3) is 10.8 Å². The number of benzene rings is 2. The molecule has 5 heteroatoms. The van der Waals surface area contributed by atoms with Crippen molar-refractivity contribution in [2.75, 3.05) is 0 Å². The molecule has 2 aromatic carbocycles. The largest absolute Gasteiger partial charge is 0.333 e. The predicted molar refractivity (Wildman–Crippen MR) is 134 cm³/mol. The Labute approximate surface area is 200 Å². The Morgan fingerprint density at radius 1 is 0.971 bits per heavy atom. The van der Waals surface area contributed by atoms with E-state index < -0.39 is 0 Å². The maximum absolute atomic E-state index is 13.6. The van der Waals surface area contributed by atoms with E-state index in [0.29, 0.717) is 18.0 Å². The molecular formula is C29H30N4O. The normalized spacial score (nSPS) is 21.8. The Bertz CT molecular complexity index is 1330. The van der Waals surface area contributed by atoms with Crippen molar-refractivity contribution in [1.82, 2.24) is 19.4 Å². The highest BCUT2D eigenvalue weighted by atomic mass is 16.2. The molecule has 4 aromatic rings. The number of fused-ring (bicyclic) bond motifs is 3. The molecule has 0 saturated carbocycles. The maximum Gasteiger partial charge on any atom is 0.254 e. The summed E-state index contributed by atoms with van der Waals surface area (Å²) in [5.41, 5.74) is 3.33. The quantitative estimate of drug-likeness (QED) is 0.408. The van der Waals surface area contributed by atoms with Gasteiger partial charge in [-0.2, -0.15) is 0 Å². The van der Waals surface area contributed by atoms with Crippen LogP contribution in [0.5, 0.6) is 0 Å². The predicted octanol–water partition coefficient (Wildman–Crippen LogP) is 5.41. The first-order valence-electron chi connectivity index (χ1n) is 12.4. The molecule has 0 aliphatic carbocycles. The van der Waals surface area contributed by atoms with Crippen molar-refractivity contribution in [1.29, 1.82) is 0 Å². The minimum atomic E-state index is 0.201. The molecule has 6 rings (SSSR count). The maximum atomic E-state index is 13.6. The summed E-state index contributed by atoms with van der Waals surface area (Å²) in [4.78, 5) is 24.4. The van der Waals surface area contributed by atoms with Crippen LogP contribution in [0.3, 0.4) is 0 Å². The summed E-state index contributed by atoms with van der Waals surface area (Å²) in [6.07, 6.45) is 13.1. The number of carbonyl (C=O) groups excluding carboxylic acids is 1. The van der Waals surface area contributed by atoms with E-state index in [1.54, 1.807) is 0 Å². The zero-order valence-electron chi connectivity index (χ0n) is 19.6. The molecule has 5 nitrogen and oxygen atoms in total. The van der Waals surface area contributed by atoms with Crippen molar-refractivity contribution < 1.29 is 4.79 Å². The molecule has 2 aromatic heterocycles. The van der Waals surface area contributed by atoms with Gasteiger partial charge in [0.25, 0.3) is 5.91 Å². The number of nitrogens with zero attached hydrogens (tertiary/aromatic N) is 4. The van der Waals surface area contributed by atoms with Crippen LogP contribution >= 0.6 is 0 Å². The van der Waals surface area contributed by atoms with E-state index in [9.17, 15) is 4.79 Å². The van der Waals surface area contributed by atoms with Crippen LogP contribution in [0.2, 0.25) is 0 Å². The van der Waals surface area contributed by atoms with Gasteiger partial charge in [0.05, 0.1) is 0 Å². The van der Waals surface area contributed by atoms with E-state index >= 15 is 0 Å². The number of rotatable bonds is 5. The summed E-state index contributed by atoms with van der Waals surface area (Å²) in [5, 5.41) is 2.45. The number of aryl methyl sites for hydroxylation is 1. The molecular weight excluding hydrogens is 420 g/mol. The Balaban J connectivity index is 1.15. The standard InChI is InChI=1S/C29H30N4O/c1-20-31-11-12-32(20)19-22-3-2-4-25(15-22)29(34)33-27-7-8-28(33)17-23(16-27)13-21-5-6-24-9-10-30-18-26(24)14-21/h2-6,9-12,14-15,18,23,27-28H,7-8,13,16-17,19H2,1H3. The van der Waals surface area contributed by atoms with Gasteiger partial charge in [-0.25, -0.2) is 4.98 Å². The van der Waals surface area contributed by atoms with Crippen molar-refractivity contribution in [3.63, 3.8) is 0 Å². The number of carbonyl (C=O) groups is 1. The molecule has 4 heterocycles. The van der Waals surface area contributed by atoms with Gasteiger partial charge in [-0.05, 0) is 85.7 Å². The molecule has 1 amide bonds. The van der Waals surface area contributed by atoms with Crippen LogP contribution in [-0.2, 0) is 13.0 Å². The zero-order valence-corrected chi connectivity index (χ0v) is 19.6. The van der Waals surface area contributed by atoms with Crippen molar-refractivity contribution in [3.05, 3.63) is 95.8 Å². The minimum Gasteiger partial charge on any atom is -0.333 e. The summed E-state index contributed by atoms with van der Waals surface area (Å²) in [6.45, 7) is 2.74. The highest BCUT2D eigenvalue weighted by Crippen LogP contribution is 2.41. The van der Waals surface area contributed by atoms with E-state index in [1.807, 2.05) is 43.8 Å². The van der Waals surface area contributed by atoms with Crippen molar-refractivity contribution >= 4 is 16.7 Å². The van der Waals surface area contributed by atoms with Gasteiger partial charge < -0.3 is 9.47 Å². The van der Waals surface area contributed by atoms with Gasteiger partial charge in [0.15, 0.2) is 0 Å². The van der Waals surface area contributed by atoms with Gasteiger partial charge in [0.2, 0.25) is 0 Å². The van der Waals surface area contributed by atoms with Gasteiger partial charge in [-0.3, -0.25) is 9.78 Å². The lowest BCUT2D eigenvalue weighted by Gasteiger charge is -2.39. The van der Waals surface area contributed by atoms with Crippen LogP contribution in [0, 0.1) is 12.8 Å². The number of hydrogen-bond donors (Lipinski definition) is 0. The van der Waals surface area contributed by atoms with Crippen LogP contribution in [0.1, 0.15) is 53.0 Å². The molecule has 2 aliphatic rings. The molecule has 0 radical (unpaired) electrons. The first kappa shape index (κ1) is 21.1. The SMILES string of the molecule is Cc1nccn1Cc1cccc(C(=O)N2C3CCC2CC(Cc2ccc4ccncc4c2)C3)c1. The highest BCUT2D eigenvalue weighted by molar-refractivity contribution is 5.95. The van der Waals surface area contributed by atoms with E-state index in [4.69, 9.17) is 0 Å². The van der Waals surface area contributed by atoms with Crippen LogP contribution < -0.4 is 0 Å². The summed E-state index contributed by atoms with van der Waals surface area (Å²) in [6, 6.07) is 17.7. The summed E-state index contributed by atoms with van der Waals surface area (Å²) in [7, 11) is 0. The minimum absolute atomic E-state index is 0.201. The Morgan fingerprint density at radius 2 is 1.82 bits per heavy atom. The lowest BCUT2D eigenvalue weighted by atomic mass is 9.85. The number of pyridine rings is 1. The molecule has 2 fully saturated rings. The van der Waals surface area contributed by atoms with Crippen LogP contribution in [-0.4, -0.2) is 37.4 Å². The Kier molecular flexibility index (Phi) is 5.40. The first-order valence-corrected chi connectivity index (χ1v) is 12.4. The van der Waals surface area contributed by atoms with Crippen molar-refractivity contribution in [2.45, 2.75) is 57.7 Å². The first-order chi connectivity index (χ1) is 16.6. The van der Waals surface area contributed by atoms with Crippen LogP contribution in [0.4, 0.5) is 0 Å². The Hall–Kier alpha value is -3.47. The number of hydrogen-bond acceptors (Lipinski definition) is 3. The smallest absolute Gasteiger partial charge is 0.254 e. The lowest BCUT2D eigenvalue weighted by Crippen LogP contribution is -2.46. The molecule has 2 unspecified atom stereocenters. The molecule has 0 N–H and O–H groups in total. The summed E-state index contributed by atoms with van der Waals surface area (Å²) >= 11 is 0. The fraction of sp³-hybridized carbons (Fsp3) is 0.345. The molecule has 2 saturated heterocycles. The second-order valence-corrected chi connectivity index (χ2v) is 10.00. The molecule has 34 heavy (non-hydrogen) atoms. The molecule has 2 atom stereocenters. The molecule has 2 bridgehead atoms. The van der Waals surface area contributed by atoms with Gasteiger partial charge in [-0.1, -0.05) is 24.3 Å². The number of imidazole rings is 1. The number of amides is 1. The topological polar surface area (TPSA) is 51.0 Å². The summed E-state index contributed by atoms with van der Waals surface area (Å²) < 4.78 is 2.11. The molecule has 172 valence electrons. The van der Waals surface area contributed by atoms with Gasteiger partial charge in [0, 0.05) is 54.4 Å². The average Bonchev–Trinajstić information content (AvgIpc) is 3.38. The second kappa shape index (κ2) is 8.71. The van der Waals surface area contributed by atoms with Crippen molar-refractivity contribution in [3.8, 4) is 0 Å². The van der Waals surface area contributed by atoms with Gasteiger partial charge >= 0.3 is 0 Å². The molecule has 2 aliphatic heterocycles. The Morgan fingerprint density at radius 3 is 2.62 bits per heavy atom. The second-order valence-electron chi connectivity index (χ2n) is 10.00. The third-order valence-corrected chi connectivity index (χ3v) is 7.75. The highest BCUT2D eigenvalue weighted by Gasteiger charge is 2.43. The molecule has 0 spiro atoms. The average molecular weight is 451 g/mol. The monoisotopic (exact) mass is 450 g/mol. The van der Waals surface area contributed by atoms with Gasteiger partial charge in [-0.15, -0.1) is 0 Å². The van der Waals surface area contributed by atoms with Crippen LogP contribution in [0.15, 0.2) is 73.3 Å².